The third kappa shape index (κ3) is 4.88. The van der Waals surface area contributed by atoms with E-state index in [-0.39, 0.29) is 23.7 Å². The first-order chi connectivity index (χ1) is 16.9. The number of anilines is 2. The fraction of sp³-hybridized carbons (Fsp3) is 0.481. The Morgan fingerprint density at radius 2 is 1.74 bits per heavy atom. The molecule has 3 fully saturated rings. The molecule has 4 N–H and O–H groups in total. The van der Waals surface area contributed by atoms with Crippen LogP contribution >= 0.6 is 0 Å². The Hall–Kier alpha value is -3.42. The van der Waals surface area contributed by atoms with Crippen LogP contribution < -0.4 is 21.3 Å². The number of hydrogen-bond acceptors (Lipinski definition) is 6. The molecule has 3 atom stereocenters. The molecule has 184 valence electrons. The second-order valence-electron chi connectivity index (χ2n) is 10.0. The minimum absolute atomic E-state index is 0.0786. The molecule has 5 rings (SSSR count). The highest BCUT2D eigenvalue weighted by Crippen LogP contribution is 2.39. The maximum Gasteiger partial charge on any atom is 0.251 e. The van der Waals surface area contributed by atoms with Crippen molar-refractivity contribution >= 4 is 29.1 Å². The zero-order valence-corrected chi connectivity index (χ0v) is 20.1. The Morgan fingerprint density at radius 3 is 2.34 bits per heavy atom. The molecule has 1 aromatic heterocycles. The Labute approximate surface area is 205 Å². The maximum atomic E-state index is 13.1. The average molecular weight is 476 g/mol. The second kappa shape index (κ2) is 9.68. The van der Waals surface area contributed by atoms with E-state index in [4.69, 9.17) is 5.73 Å². The summed E-state index contributed by atoms with van der Waals surface area (Å²) in [6, 6.07) is 9.58. The number of hydrogen-bond donors (Lipinski definition) is 3. The molecule has 1 saturated carbocycles. The van der Waals surface area contributed by atoms with Gasteiger partial charge in [-0.1, -0.05) is 6.92 Å². The van der Waals surface area contributed by atoms with E-state index >= 15 is 0 Å². The van der Waals surface area contributed by atoms with Gasteiger partial charge in [-0.05, 0) is 75.3 Å². The van der Waals surface area contributed by atoms with Gasteiger partial charge in [-0.15, -0.1) is 0 Å². The Balaban J connectivity index is 1.24. The molecule has 3 heterocycles. The highest BCUT2D eigenvalue weighted by molar-refractivity contribution is 6.02. The first-order valence-corrected chi connectivity index (χ1v) is 12.7. The molecule has 1 aliphatic carbocycles. The molecular weight excluding hydrogens is 442 g/mol. The number of benzene rings is 1. The smallest absolute Gasteiger partial charge is 0.251 e. The van der Waals surface area contributed by atoms with Gasteiger partial charge in [-0.2, -0.15) is 0 Å². The van der Waals surface area contributed by atoms with Gasteiger partial charge in [0.2, 0.25) is 0 Å². The van der Waals surface area contributed by atoms with E-state index in [0.717, 1.165) is 50.8 Å². The van der Waals surface area contributed by atoms with Crippen LogP contribution in [0.15, 0.2) is 36.5 Å². The van der Waals surface area contributed by atoms with E-state index in [1.54, 1.807) is 24.4 Å². The average Bonchev–Trinajstić information content (AvgIpc) is 3.67. The number of ketones is 1. The third-order valence-corrected chi connectivity index (χ3v) is 7.43. The minimum Gasteiger partial charge on any atom is -0.384 e. The monoisotopic (exact) mass is 475 g/mol. The molecule has 0 spiro atoms. The number of aromatic nitrogens is 1. The van der Waals surface area contributed by atoms with Crippen molar-refractivity contribution in [1.82, 2.24) is 10.3 Å². The highest BCUT2D eigenvalue weighted by Gasteiger charge is 2.42. The van der Waals surface area contributed by atoms with Crippen molar-refractivity contribution in [3.05, 3.63) is 53.2 Å². The summed E-state index contributed by atoms with van der Waals surface area (Å²) in [4.78, 5) is 44.1. The first-order valence-electron chi connectivity index (χ1n) is 12.7. The van der Waals surface area contributed by atoms with Crippen LogP contribution in [0.3, 0.4) is 0 Å². The van der Waals surface area contributed by atoms with Crippen molar-refractivity contribution in [3.63, 3.8) is 0 Å². The number of carbonyl (C=O) groups excluding carboxylic acids is 3. The van der Waals surface area contributed by atoms with Crippen LogP contribution in [0.2, 0.25) is 0 Å². The lowest BCUT2D eigenvalue weighted by molar-refractivity contribution is 0.0924. The predicted molar refractivity (Wildman–Crippen MR) is 135 cm³/mol. The highest BCUT2D eigenvalue weighted by atomic mass is 16.2. The van der Waals surface area contributed by atoms with E-state index < -0.39 is 5.91 Å². The molecule has 0 radical (unpaired) electrons. The van der Waals surface area contributed by atoms with Gasteiger partial charge in [-0.3, -0.25) is 14.4 Å². The summed E-state index contributed by atoms with van der Waals surface area (Å²) < 4.78 is 0. The van der Waals surface area contributed by atoms with E-state index in [1.807, 2.05) is 19.1 Å². The number of piperidine rings is 1. The molecule has 1 aromatic carbocycles. The molecule has 35 heavy (non-hydrogen) atoms. The predicted octanol–water partition coefficient (Wildman–Crippen LogP) is 3.52. The van der Waals surface area contributed by atoms with Crippen molar-refractivity contribution in [2.24, 2.45) is 11.7 Å². The summed E-state index contributed by atoms with van der Waals surface area (Å²) in [6.45, 7) is 2.72. The Bertz CT molecular complexity index is 1110. The van der Waals surface area contributed by atoms with Crippen molar-refractivity contribution in [2.45, 2.75) is 70.0 Å². The number of pyridine rings is 1. The van der Waals surface area contributed by atoms with Gasteiger partial charge in [0.05, 0.1) is 5.56 Å². The summed E-state index contributed by atoms with van der Waals surface area (Å²) >= 11 is 0. The van der Waals surface area contributed by atoms with Crippen LogP contribution in [0.1, 0.15) is 82.9 Å². The molecule has 2 saturated heterocycles. The van der Waals surface area contributed by atoms with Gasteiger partial charge in [0.25, 0.3) is 11.8 Å². The zero-order valence-electron chi connectivity index (χ0n) is 20.1. The molecule has 8 heteroatoms. The number of fused-ring (bicyclic) bond motifs is 2. The fourth-order valence-corrected chi connectivity index (χ4v) is 5.51. The van der Waals surface area contributed by atoms with Crippen LogP contribution in [0.25, 0.3) is 0 Å². The van der Waals surface area contributed by atoms with E-state index in [1.165, 1.54) is 0 Å². The molecule has 2 bridgehead atoms. The Morgan fingerprint density at radius 1 is 1.03 bits per heavy atom. The van der Waals surface area contributed by atoms with Crippen LogP contribution in [0.4, 0.5) is 11.5 Å². The lowest BCUT2D eigenvalue weighted by atomic mass is 9.96. The molecule has 2 aliphatic heterocycles. The number of nitrogens with zero attached hydrogens (tertiary/aromatic N) is 2. The summed E-state index contributed by atoms with van der Waals surface area (Å²) in [6.07, 6.45) is 8.46. The van der Waals surface area contributed by atoms with Gasteiger partial charge >= 0.3 is 0 Å². The lowest BCUT2D eigenvalue weighted by Crippen LogP contribution is -2.50. The SMILES string of the molecule is CCCNc1cc(C(=O)N[C@H]2C[C@H]3CC[C@@H](C2)N3c2ccc(C(=O)C3CC3)cn2)ccc1C(N)=O. The first kappa shape index (κ1) is 23.3. The third-order valence-electron chi connectivity index (χ3n) is 7.43. The topological polar surface area (TPSA) is 117 Å². The van der Waals surface area contributed by atoms with Crippen molar-refractivity contribution in [2.75, 3.05) is 16.8 Å². The summed E-state index contributed by atoms with van der Waals surface area (Å²) in [5.74, 6) is 0.676. The second-order valence-corrected chi connectivity index (χ2v) is 10.0. The van der Waals surface area contributed by atoms with Crippen molar-refractivity contribution < 1.29 is 14.4 Å². The number of rotatable bonds is 9. The van der Waals surface area contributed by atoms with E-state index in [2.05, 4.69) is 20.5 Å². The van der Waals surface area contributed by atoms with Crippen molar-refractivity contribution in [3.8, 4) is 0 Å². The quantitative estimate of drug-likeness (QED) is 0.478. The van der Waals surface area contributed by atoms with Crippen LogP contribution in [-0.4, -0.2) is 47.3 Å². The van der Waals surface area contributed by atoms with Gasteiger partial charge in [0.1, 0.15) is 5.82 Å². The van der Waals surface area contributed by atoms with Crippen LogP contribution in [-0.2, 0) is 0 Å². The minimum atomic E-state index is -0.516. The van der Waals surface area contributed by atoms with Crippen LogP contribution in [0, 0.1) is 5.92 Å². The van der Waals surface area contributed by atoms with Gasteiger partial charge in [0, 0.05) is 53.6 Å². The summed E-state index contributed by atoms with van der Waals surface area (Å²) in [5, 5.41) is 6.40. The zero-order chi connectivity index (χ0) is 24.5. The number of carbonyl (C=O) groups is 3. The Kier molecular flexibility index (Phi) is 6.45. The largest absolute Gasteiger partial charge is 0.384 e. The molecule has 8 nitrogen and oxygen atoms in total. The molecule has 2 aromatic rings. The number of nitrogens with one attached hydrogen (secondary N) is 2. The number of Topliss-reactive ketones (excluding diaryl/α,β-unsaturated/α-hetero) is 1. The lowest BCUT2D eigenvalue weighted by Gasteiger charge is -2.40. The maximum absolute atomic E-state index is 13.1. The van der Waals surface area contributed by atoms with E-state index in [9.17, 15) is 14.4 Å². The van der Waals surface area contributed by atoms with E-state index in [0.29, 0.717) is 41.0 Å². The van der Waals surface area contributed by atoms with Gasteiger partial charge in [0.15, 0.2) is 5.78 Å². The summed E-state index contributed by atoms with van der Waals surface area (Å²) in [5.41, 5.74) is 7.70. The number of primary amides is 1. The number of amides is 2. The fourth-order valence-electron chi connectivity index (χ4n) is 5.51. The van der Waals surface area contributed by atoms with Gasteiger partial charge < -0.3 is 21.3 Å². The molecule has 3 aliphatic rings. The van der Waals surface area contributed by atoms with Crippen LogP contribution in [0.5, 0.6) is 0 Å². The summed E-state index contributed by atoms with van der Waals surface area (Å²) in [7, 11) is 0. The normalized spacial score (nSPS) is 23.1. The molecule has 2 amide bonds. The number of nitrogens with two attached hydrogens (primary N) is 1. The standard InChI is InChI=1S/C27H33N5O3/c1-2-11-29-23-12-17(5-9-22(23)26(28)34)27(35)31-19-13-20-7-8-21(14-19)32(20)24-10-6-18(15-30-24)25(33)16-3-4-16/h5-6,9-10,12,15-16,19-21,29H,2-4,7-8,11,13-14H2,1H3,(H2,28,34)(H,31,35)/t19-,20+,21-. The van der Waals surface area contributed by atoms with Gasteiger partial charge in [-0.25, -0.2) is 4.98 Å². The molecular formula is C27H33N5O3. The molecule has 0 unspecified atom stereocenters. The van der Waals surface area contributed by atoms with Crippen molar-refractivity contribution in [1.29, 1.82) is 0 Å².